The van der Waals surface area contributed by atoms with Crippen molar-refractivity contribution in [1.29, 1.82) is 0 Å². The summed E-state index contributed by atoms with van der Waals surface area (Å²) >= 11 is 3.38. The van der Waals surface area contributed by atoms with Crippen molar-refractivity contribution < 1.29 is 19.4 Å². The molecule has 3 rings (SSSR count). The van der Waals surface area contributed by atoms with Gasteiger partial charge in [-0.1, -0.05) is 58.4 Å². The summed E-state index contributed by atoms with van der Waals surface area (Å²) in [5.74, 6) is -1.77. The Labute approximate surface area is 154 Å². The molecule has 1 saturated heterocycles. The van der Waals surface area contributed by atoms with Gasteiger partial charge in [0.15, 0.2) is 0 Å². The number of nitrogens with zero attached hydrogens (tertiary/aromatic N) is 1. The fourth-order valence-electron chi connectivity index (χ4n) is 3.06. The maximum Gasteiger partial charge on any atom is 0.410 e. The maximum atomic E-state index is 12.3. The van der Waals surface area contributed by atoms with Gasteiger partial charge in [0.25, 0.3) is 0 Å². The van der Waals surface area contributed by atoms with E-state index in [1.165, 1.54) is 4.90 Å². The number of ether oxygens (including phenoxy) is 1. The lowest BCUT2D eigenvalue weighted by atomic mass is 9.89. The number of hydrogen-bond acceptors (Lipinski definition) is 3. The van der Waals surface area contributed by atoms with Crippen LogP contribution >= 0.6 is 15.9 Å². The monoisotopic (exact) mass is 403 g/mol. The van der Waals surface area contributed by atoms with Gasteiger partial charge in [-0.05, 0) is 23.3 Å². The van der Waals surface area contributed by atoms with E-state index in [0.717, 1.165) is 15.6 Å². The third kappa shape index (κ3) is 4.20. The molecule has 5 nitrogen and oxygen atoms in total. The van der Waals surface area contributed by atoms with Gasteiger partial charge in [-0.2, -0.15) is 0 Å². The van der Waals surface area contributed by atoms with E-state index in [9.17, 15) is 14.7 Å². The third-order valence-corrected chi connectivity index (χ3v) is 4.93. The second kappa shape index (κ2) is 7.70. The Bertz CT molecular complexity index is 748. The van der Waals surface area contributed by atoms with Gasteiger partial charge < -0.3 is 14.7 Å². The number of halogens is 1. The zero-order valence-corrected chi connectivity index (χ0v) is 15.1. The summed E-state index contributed by atoms with van der Waals surface area (Å²) in [5, 5.41) is 9.52. The predicted octanol–water partition coefficient (Wildman–Crippen LogP) is 3.89. The highest BCUT2D eigenvalue weighted by atomic mass is 79.9. The van der Waals surface area contributed by atoms with Crippen molar-refractivity contribution >= 4 is 28.0 Å². The van der Waals surface area contributed by atoms with Crippen molar-refractivity contribution in [2.24, 2.45) is 5.92 Å². The standard InChI is InChI=1S/C19H18BrNO4/c20-15-8-6-14(7-9-15)16-10-21(11-17(16)18(22)23)19(24)25-12-13-4-2-1-3-5-13/h1-9,16-17H,10-12H2,(H,22,23)/t16-,17-/m1/s1. The molecule has 0 aromatic heterocycles. The molecular formula is C19H18BrNO4. The Morgan fingerprint density at radius 3 is 2.40 bits per heavy atom. The van der Waals surface area contributed by atoms with Gasteiger partial charge in [0.05, 0.1) is 5.92 Å². The normalized spacial score (nSPS) is 19.6. The van der Waals surface area contributed by atoms with Crippen molar-refractivity contribution in [2.75, 3.05) is 13.1 Å². The number of carbonyl (C=O) groups is 2. The van der Waals surface area contributed by atoms with Crippen LogP contribution in [-0.4, -0.2) is 35.2 Å². The smallest absolute Gasteiger partial charge is 0.410 e. The van der Waals surface area contributed by atoms with Crippen LogP contribution in [0.5, 0.6) is 0 Å². The molecule has 6 heteroatoms. The van der Waals surface area contributed by atoms with Crippen LogP contribution in [0.15, 0.2) is 59.1 Å². The first-order valence-electron chi connectivity index (χ1n) is 7.98. The van der Waals surface area contributed by atoms with Gasteiger partial charge in [-0.15, -0.1) is 0 Å². The highest BCUT2D eigenvalue weighted by Crippen LogP contribution is 2.34. The second-order valence-electron chi connectivity index (χ2n) is 6.05. The average Bonchev–Trinajstić information content (AvgIpc) is 3.07. The minimum atomic E-state index is -0.897. The molecule has 2 aromatic rings. The molecule has 2 atom stereocenters. The number of benzene rings is 2. The molecular weight excluding hydrogens is 386 g/mol. The number of carboxylic acids is 1. The molecule has 130 valence electrons. The van der Waals surface area contributed by atoms with Crippen LogP contribution in [0, 0.1) is 5.92 Å². The van der Waals surface area contributed by atoms with Crippen LogP contribution < -0.4 is 0 Å². The van der Waals surface area contributed by atoms with Crippen molar-refractivity contribution in [3.05, 3.63) is 70.2 Å². The summed E-state index contributed by atoms with van der Waals surface area (Å²) < 4.78 is 6.26. The molecule has 1 aliphatic rings. The molecule has 1 fully saturated rings. The first-order chi connectivity index (χ1) is 12.0. The largest absolute Gasteiger partial charge is 0.481 e. The number of amides is 1. The Morgan fingerprint density at radius 2 is 1.76 bits per heavy atom. The lowest BCUT2D eigenvalue weighted by Gasteiger charge is -2.16. The van der Waals surface area contributed by atoms with E-state index < -0.39 is 18.0 Å². The highest BCUT2D eigenvalue weighted by Gasteiger charge is 2.41. The van der Waals surface area contributed by atoms with Crippen LogP contribution in [0.3, 0.4) is 0 Å². The Kier molecular flexibility index (Phi) is 5.38. The van der Waals surface area contributed by atoms with E-state index in [1.54, 1.807) is 0 Å². The fraction of sp³-hybridized carbons (Fsp3) is 0.263. The molecule has 1 heterocycles. The Morgan fingerprint density at radius 1 is 1.08 bits per heavy atom. The minimum Gasteiger partial charge on any atom is -0.481 e. The maximum absolute atomic E-state index is 12.3. The minimum absolute atomic E-state index is 0.156. The van der Waals surface area contributed by atoms with Gasteiger partial charge in [0.2, 0.25) is 0 Å². The van der Waals surface area contributed by atoms with Crippen LogP contribution in [0.1, 0.15) is 17.0 Å². The van der Waals surface area contributed by atoms with Crippen molar-refractivity contribution in [1.82, 2.24) is 4.90 Å². The summed E-state index contributed by atoms with van der Waals surface area (Å²) in [6.45, 7) is 0.673. The molecule has 2 aromatic carbocycles. The van der Waals surface area contributed by atoms with Crippen LogP contribution in [0.4, 0.5) is 4.79 Å². The van der Waals surface area contributed by atoms with E-state index in [0.29, 0.717) is 6.54 Å². The third-order valence-electron chi connectivity index (χ3n) is 4.40. The molecule has 0 bridgehead atoms. The van der Waals surface area contributed by atoms with E-state index in [-0.39, 0.29) is 19.1 Å². The van der Waals surface area contributed by atoms with Crippen molar-refractivity contribution in [3.63, 3.8) is 0 Å². The topological polar surface area (TPSA) is 66.8 Å². The first-order valence-corrected chi connectivity index (χ1v) is 8.78. The number of likely N-dealkylation sites (tertiary alicyclic amines) is 1. The van der Waals surface area contributed by atoms with Crippen molar-refractivity contribution in [2.45, 2.75) is 12.5 Å². The quantitative estimate of drug-likeness (QED) is 0.840. The lowest BCUT2D eigenvalue weighted by molar-refractivity contribution is -0.141. The summed E-state index contributed by atoms with van der Waals surface area (Å²) in [5.41, 5.74) is 1.81. The van der Waals surface area contributed by atoms with Crippen LogP contribution in [-0.2, 0) is 16.1 Å². The van der Waals surface area contributed by atoms with Crippen LogP contribution in [0.25, 0.3) is 0 Å². The number of carbonyl (C=O) groups excluding carboxylic acids is 1. The fourth-order valence-corrected chi connectivity index (χ4v) is 3.33. The van der Waals surface area contributed by atoms with Crippen molar-refractivity contribution in [3.8, 4) is 0 Å². The molecule has 0 aliphatic carbocycles. The molecule has 1 aliphatic heterocycles. The summed E-state index contributed by atoms with van der Waals surface area (Å²) in [6.07, 6.45) is -0.477. The number of hydrogen-bond donors (Lipinski definition) is 1. The highest BCUT2D eigenvalue weighted by molar-refractivity contribution is 9.10. The summed E-state index contributed by atoms with van der Waals surface area (Å²) in [4.78, 5) is 25.4. The average molecular weight is 404 g/mol. The molecule has 0 unspecified atom stereocenters. The molecule has 1 N–H and O–H groups in total. The Hall–Kier alpha value is -2.34. The van der Waals surface area contributed by atoms with Crippen LogP contribution in [0.2, 0.25) is 0 Å². The molecule has 25 heavy (non-hydrogen) atoms. The van der Waals surface area contributed by atoms with E-state index in [1.807, 2.05) is 54.6 Å². The molecule has 1 amide bonds. The van der Waals surface area contributed by atoms with E-state index in [2.05, 4.69) is 15.9 Å². The summed E-state index contributed by atoms with van der Waals surface area (Å²) in [7, 11) is 0. The zero-order chi connectivity index (χ0) is 17.8. The first kappa shape index (κ1) is 17.5. The van der Waals surface area contributed by atoms with E-state index >= 15 is 0 Å². The predicted molar refractivity (Wildman–Crippen MR) is 96.2 cm³/mol. The van der Waals surface area contributed by atoms with Gasteiger partial charge >= 0.3 is 12.1 Å². The number of carboxylic acid groups (broad SMARTS) is 1. The second-order valence-corrected chi connectivity index (χ2v) is 6.96. The molecule has 0 spiro atoms. The molecule has 0 radical (unpaired) electrons. The lowest BCUT2D eigenvalue weighted by Crippen LogP contribution is -2.30. The van der Waals surface area contributed by atoms with Gasteiger partial charge in [-0.3, -0.25) is 4.79 Å². The van der Waals surface area contributed by atoms with Gasteiger partial charge in [0, 0.05) is 23.5 Å². The SMILES string of the molecule is O=C(O)[C@@H]1CN(C(=O)OCc2ccccc2)C[C@@H]1c1ccc(Br)cc1. The number of aliphatic carboxylic acids is 1. The zero-order valence-electron chi connectivity index (χ0n) is 13.5. The van der Waals surface area contributed by atoms with Gasteiger partial charge in [0.1, 0.15) is 6.61 Å². The van der Waals surface area contributed by atoms with E-state index in [4.69, 9.17) is 4.74 Å². The summed E-state index contributed by atoms with van der Waals surface area (Å²) in [6, 6.07) is 16.9. The van der Waals surface area contributed by atoms with Gasteiger partial charge in [-0.25, -0.2) is 4.79 Å². The Balaban J connectivity index is 1.68. The number of rotatable bonds is 4. The molecule has 0 saturated carbocycles.